The molecule has 31 heavy (non-hydrogen) atoms. The van der Waals surface area contributed by atoms with Gasteiger partial charge < -0.3 is 14.0 Å². The molecule has 0 spiro atoms. The van der Waals surface area contributed by atoms with Crippen molar-refractivity contribution in [3.8, 4) is 11.5 Å². The molecule has 10 heteroatoms. The minimum absolute atomic E-state index is 0.105. The van der Waals surface area contributed by atoms with Crippen LogP contribution >= 0.6 is 0 Å². The summed E-state index contributed by atoms with van der Waals surface area (Å²) in [5.41, 5.74) is 1.43. The first kappa shape index (κ1) is 20.1. The van der Waals surface area contributed by atoms with Crippen LogP contribution in [0.4, 0.5) is 4.39 Å². The van der Waals surface area contributed by atoms with Gasteiger partial charge in [0, 0.05) is 19.4 Å². The summed E-state index contributed by atoms with van der Waals surface area (Å²) < 4.78 is 28.1. The van der Waals surface area contributed by atoms with Gasteiger partial charge in [-0.2, -0.15) is 10.2 Å². The number of carbonyl (C=O) groups excluding carboxylic acids is 2. The summed E-state index contributed by atoms with van der Waals surface area (Å²) in [7, 11) is 2.89. The maximum Gasteiger partial charge on any atom is 0.358 e. The van der Waals surface area contributed by atoms with Crippen molar-refractivity contribution in [2.24, 2.45) is 7.05 Å². The van der Waals surface area contributed by atoms with Gasteiger partial charge in [0.25, 0.3) is 0 Å². The lowest BCUT2D eigenvalue weighted by molar-refractivity contribution is 0.0463. The lowest BCUT2D eigenvalue weighted by Gasteiger charge is -2.11. The molecule has 0 bridgehead atoms. The topological polar surface area (TPSA) is 93.2 Å². The van der Waals surface area contributed by atoms with Crippen LogP contribution in [-0.2, 0) is 23.1 Å². The summed E-state index contributed by atoms with van der Waals surface area (Å²) in [6.45, 7) is -0.105. The zero-order valence-electron chi connectivity index (χ0n) is 16.7. The molecule has 3 heterocycles. The van der Waals surface area contributed by atoms with E-state index in [9.17, 15) is 14.0 Å². The average molecular weight is 423 g/mol. The van der Waals surface area contributed by atoms with E-state index in [4.69, 9.17) is 4.74 Å². The van der Waals surface area contributed by atoms with Gasteiger partial charge in [-0.05, 0) is 42.5 Å². The molecule has 4 aromatic rings. The van der Waals surface area contributed by atoms with E-state index in [2.05, 4.69) is 14.9 Å². The first-order chi connectivity index (χ1) is 15.0. The SMILES string of the molecule is COC(=O)c1cc(COC(=O)c2cnn(-c3ccc(F)cc3)c2-n2cccc2)n(C)n1. The molecule has 0 fully saturated rings. The molecule has 0 aliphatic rings. The molecule has 1 aromatic carbocycles. The Morgan fingerprint density at radius 3 is 2.48 bits per heavy atom. The van der Waals surface area contributed by atoms with E-state index in [0.717, 1.165) is 0 Å². The average Bonchev–Trinajstić information content (AvgIpc) is 3.51. The molecular weight excluding hydrogens is 405 g/mol. The first-order valence-corrected chi connectivity index (χ1v) is 9.23. The smallest absolute Gasteiger partial charge is 0.358 e. The molecule has 0 aliphatic carbocycles. The number of aryl methyl sites for hydroxylation is 1. The van der Waals surface area contributed by atoms with E-state index in [1.807, 2.05) is 0 Å². The highest BCUT2D eigenvalue weighted by Crippen LogP contribution is 2.21. The highest BCUT2D eigenvalue weighted by atomic mass is 19.1. The van der Waals surface area contributed by atoms with Crippen molar-refractivity contribution < 1.29 is 23.5 Å². The van der Waals surface area contributed by atoms with Crippen molar-refractivity contribution in [1.82, 2.24) is 24.1 Å². The summed E-state index contributed by atoms with van der Waals surface area (Å²) in [6, 6.07) is 10.9. The summed E-state index contributed by atoms with van der Waals surface area (Å²) in [5, 5.41) is 8.34. The molecule has 158 valence electrons. The Balaban J connectivity index is 1.62. The van der Waals surface area contributed by atoms with Gasteiger partial charge in [0.2, 0.25) is 0 Å². The highest BCUT2D eigenvalue weighted by molar-refractivity contribution is 5.93. The number of rotatable bonds is 6. The molecule has 9 nitrogen and oxygen atoms in total. The molecule has 3 aromatic heterocycles. The molecule has 0 amide bonds. The van der Waals surface area contributed by atoms with Crippen LogP contribution in [-0.4, -0.2) is 43.2 Å². The number of esters is 2. The largest absolute Gasteiger partial charge is 0.464 e. The first-order valence-electron chi connectivity index (χ1n) is 9.23. The Labute approximate surface area is 176 Å². The molecule has 4 rings (SSSR count). The molecule has 0 aliphatic heterocycles. The van der Waals surface area contributed by atoms with Crippen LogP contribution < -0.4 is 0 Å². The minimum atomic E-state index is -0.613. The van der Waals surface area contributed by atoms with Gasteiger partial charge >= 0.3 is 11.9 Å². The second-order valence-electron chi connectivity index (χ2n) is 6.57. The maximum absolute atomic E-state index is 13.3. The van der Waals surface area contributed by atoms with Crippen molar-refractivity contribution in [3.63, 3.8) is 0 Å². The number of ether oxygens (including phenoxy) is 2. The van der Waals surface area contributed by atoms with E-state index in [0.29, 0.717) is 17.2 Å². The Hall–Kier alpha value is -4.21. The fourth-order valence-electron chi connectivity index (χ4n) is 3.04. The summed E-state index contributed by atoms with van der Waals surface area (Å²) in [6.07, 6.45) is 4.92. The molecule has 0 N–H and O–H groups in total. The number of nitrogens with zero attached hydrogens (tertiary/aromatic N) is 5. The van der Waals surface area contributed by atoms with Crippen LogP contribution in [0.5, 0.6) is 0 Å². The fourth-order valence-corrected chi connectivity index (χ4v) is 3.04. The highest BCUT2D eigenvalue weighted by Gasteiger charge is 2.22. The van der Waals surface area contributed by atoms with Crippen LogP contribution in [0.15, 0.2) is 61.1 Å². The quantitative estimate of drug-likeness (QED) is 0.443. The molecule has 0 unspecified atom stereocenters. The third-order valence-corrected chi connectivity index (χ3v) is 4.61. The summed E-state index contributed by atoms with van der Waals surface area (Å²) >= 11 is 0. The van der Waals surface area contributed by atoms with E-state index >= 15 is 0 Å². The Morgan fingerprint density at radius 1 is 1.10 bits per heavy atom. The molecule has 0 atom stereocenters. The van der Waals surface area contributed by atoms with E-state index in [-0.39, 0.29) is 23.7 Å². The fraction of sp³-hybridized carbons (Fsp3) is 0.143. The lowest BCUT2D eigenvalue weighted by atomic mass is 10.3. The normalized spacial score (nSPS) is 10.8. The Morgan fingerprint density at radius 2 is 1.81 bits per heavy atom. The number of carbonyl (C=O) groups is 2. The van der Waals surface area contributed by atoms with E-state index in [1.165, 1.54) is 40.9 Å². The molecular formula is C21H18FN5O4. The van der Waals surface area contributed by atoms with Gasteiger partial charge in [-0.15, -0.1) is 0 Å². The van der Waals surface area contributed by atoms with Crippen LogP contribution in [0.2, 0.25) is 0 Å². The predicted octanol–water partition coefficient (Wildman–Crippen LogP) is 2.68. The molecule has 0 saturated carbocycles. The zero-order chi connectivity index (χ0) is 22.0. The van der Waals surface area contributed by atoms with Crippen LogP contribution in [0, 0.1) is 5.82 Å². The van der Waals surface area contributed by atoms with Crippen LogP contribution in [0.25, 0.3) is 11.5 Å². The third-order valence-electron chi connectivity index (χ3n) is 4.61. The van der Waals surface area contributed by atoms with Crippen molar-refractivity contribution >= 4 is 11.9 Å². The van der Waals surface area contributed by atoms with E-state index in [1.54, 1.807) is 48.3 Å². The number of hydrogen-bond acceptors (Lipinski definition) is 6. The second-order valence-corrected chi connectivity index (χ2v) is 6.57. The number of halogens is 1. The van der Waals surface area contributed by atoms with E-state index < -0.39 is 11.9 Å². The van der Waals surface area contributed by atoms with Crippen LogP contribution in [0.1, 0.15) is 26.5 Å². The van der Waals surface area contributed by atoms with Gasteiger partial charge in [0.05, 0.1) is 24.7 Å². The molecule has 0 saturated heterocycles. The lowest BCUT2D eigenvalue weighted by Crippen LogP contribution is -2.12. The van der Waals surface area contributed by atoms with Crippen LogP contribution in [0.3, 0.4) is 0 Å². The standard InChI is InChI=1S/C21H18FN5O4/c1-25-16(11-18(24-25)21(29)30-2)13-31-20(28)17-12-23-27(15-7-5-14(22)6-8-15)19(17)26-9-3-4-10-26/h3-12H,13H2,1-2H3. The minimum Gasteiger partial charge on any atom is -0.464 e. The maximum atomic E-state index is 13.3. The summed E-state index contributed by atoms with van der Waals surface area (Å²) in [5.74, 6) is -1.12. The van der Waals surface area contributed by atoms with Crippen molar-refractivity contribution in [1.29, 1.82) is 0 Å². The van der Waals surface area contributed by atoms with Gasteiger partial charge in [0.15, 0.2) is 11.5 Å². The summed E-state index contributed by atoms with van der Waals surface area (Å²) in [4.78, 5) is 24.5. The Bertz CT molecular complexity index is 1230. The van der Waals surface area contributed by atoms with Gasteiger partial charge in [-0.1, -0.05) is 0 Å². The number of methoxy groups -OCH3 is 1. The molecule has 0 radical (unpaired) electrons. The van der Waals surface area contributed by atoms with Gasteiger partial charge in [-0.25, -0.2) is 18.7 Å². The van der Waals surface area contributed by atoms with Crippen molar-refractivity contribution in [2.75, 3.05) is 7.11 Å². The van der Waals surface area contributed by atoms with Gasteiger partial charge in [0.1, 0.15) is 18.0 Å². The second kappa shape index (κ2) is 8.27. The van der Waals surface area contributed by atoms with Crippen molar-refractivity contribution in [3.05, 3.63) is 83.8 Å². The number of aromatic nitrogens is 5. The van der Waals surface area contributed by atoms with Crippen molar-refractivity contribution in [2.45, 2.75) is 6.61 Å². The van der Waals surface area contributed by atoms with Gasteiger partial charge in [-0.3, -0.25) is 4.68 Å². The predicted molar refractivity (Wildman–Crippen MR) is 107 cm³/mol. The number of benzene rings is 1. The third kappa shape index (κ3) is 3.95. The Kier molecular flexibility index (Phi) is 5.35. The zero-order valence-corrected chi connectivity index (χ0v) is 16.7. The monoisotopic (exact) mass is 423 g/mol. The number of hydrogen-bond donors (Lipinski definition) is 0.